The Kier molecular flexibility index (Phi) is 2.23. The lowest BCUT2D eigenvalue weighted by Gasteiger charge is -2.00. The quantitative estimate of drug-likeness (QED) is 0.563. The average Bonchev–Trinajstić information content (AvgIpc) is 2.59. The van der Waals surface area contributed by atoms with Crippen molar-refractivity contribution in [1.29, 1.82) is 0 Å². The van der Waals surface area contributed by atoms with E-state index >= 15 is 0 Å². The van der Waals surface area contributed by atoms with Crippen molar-refractivity contribution >= 4 is 16.9 Å². The van der Waals surface area contributed by atoms with Gasteiger partial charge in [0.15, 0.2) is 11.5 Å². The number of imidazole rings is 1. The molecule has 3 rings (SSSR count). The van der Waals surface area contributed by atoms with Crippen molar-refractivity contribution in [1.82, 2.24) is 25.3 Å². The molecule has 0 atom stereocenters. The van der Waals surface area contributed by atoms with E-state index in [-0.39, 0.29) is 11.2 Å². The minimum Gasteiger partial charge on any atom is -0.359 e. The van der Waals surface area contributed by atoms with Gasteiger partial charge in [-0.25, -0.2) is 9.78 Å². The molecule has 0 amide bonds. The summed E-state index contributed by atoms with van der Waals surface area (Å²) in [5.74, 6) is 0.480. The van der Waals surface area contributed by atoms with Crippen molar-refractivity contribution in [3.63, 3.8) is 0 Å². The number of rotatable bonds is 1. The smallest absolute Gasteiger partial charge is 0.327 e. The summed E-state index contributed by atoms with van der Waals surface area (Å²) in [4.78, 5) is 34.3. The number of fused-ring (bicyclic) bond motifs is 1. The van der Waals surface area contributed by atoms with Gasteiger partial charge in [0.05, 0.1) is 5.70 Å². The number of aromatic amines is 3. The minimum absolute atomic E-state index is 0.235. The van der Waals surface area contributed by atoms with Crippen molar-refractivity contribution in [2.45, 2.75) is 0 Å². The van der Waals surface area contributed by atoms with Crippen LogP contribution in [-0.2, 0) is 0 Å². The summed E-state index contributed by atoms with van der Waals surface area (Å²) in [5.41, 5.74) is 0.112. The Morgan fingerprint density at radius 1 is 1.00 bits per heavy atom. The molecular formula is C11H9N5O2. The van der Waals surface area contributed by atoms with Gasteiger partial charge in [0.2, 0.25) is 0 Å². The lowest BCUT2D eigenvalue weighted by molar-refractivity contribution is 1.07. The van der Waals surface area contributed by atoms with E-state index in [9.17, 15) is 9.59 Å². The molecule has 2 aromatic heterocycles. The molecule has 7 heteroatoms. The molecule has 4 N–H and O–H groups in total. The van der Waals surface area contributed by atoms with Crippen LogP contribution in [0.25, 0.3) is 16.9 Å². The molecule has 1 aliphatic heterocycles. The van der Waals surface area contributed by atoms with E-state index in [0.717, 1.165) is 0 Å². The lowest BCUT2D eigenvalue weighted by Crippen LogP contribution is -2.21. The van der Waals surface area contributed by atoms with E-state index in [4.69, 9.17) is 0 Å². The van der Waals surface area contributed by atoms with E-state index in [0.29, 0.717) is 11.5 Å². The van der Waals surface area contributed by atoms with Crippen molar-refractivity contribution in [3.05, 3.63) is 57.2 Å². The van der Waals surface area contributed by atoms with E-state index in [1.807, 2.05) is 24.3 Å². The van der Waals surface area contributed by atoms with Crippen LogP contribution in [0.5, 0.6) is 0 Å². The van der Waals surface area contributed by atoms with Gasteiger partial charge >= 0.3 is 5.69 Å². The predicted molar refractivity (Wildman–Crippen MR) is 66.7 cm³/mol. The van der Waals surface area contributed by atoms with Gasteiger partial charge in [0, 0.05) is 6.20 Å². The van der Waals surface area contributed by atoms with Crippen LogP contribution < -0.4 is 16.6 Å². The van der Waals surface area contributed by atoms with Crippen molar-refractivity contribution < 1.29 is 0 Å². The van der Waals surface area contributed by atoms with Gasteiger partial charge in [0.25, 0.3) is 5.56 Å². The van der Waals surface area contributed by atoms with E-state index in [1.165, 1.54) is 0 Å². The first kappa shape index (κ1) is 10.3. The van der Waals surface area contributed by atoms with Gasteiger partial charge in [-0.05, 0) is 12.2 Å². The van der Waals surface area contributed by atoms with Crippen LogP contribution in [0.1, 0.15) is 5.82 Å². The molecule has 90 valence electrons. The molecule has 0 fully saturated rings. The summed E-state index contributed by atoms with van der Waals surface area (Å²) < 4.78 is 0. The van der Waals surface area contributed by atoms with Crippen LogP contribution in [0.3, 0.4) is 0 Å². The zero-order chi connectivity index (χ0) is 12.5. The predicted octanol–water partition coefficient (Wildman–Crippen LogP) is -0.0465. The number of nitrogens with zero attached hydrogens (tertiary/aromatic N) is 1. The zero-order valence-corrected chi connectivity index (χ0v) is 9.15. The van der Waals surface area contributed by atoms with Gasteiger partial charge in [-0.3, -0.25) is 14.8 Å². The van der Waals surface area contributed by atoms with Gasteiger partial charge in [0.1, 0.15) is 5.52 Å². The SMILES string of the molecule is O=c1[nH]c(=O)c2[nH]c(C3=CC=CC=CN3)nc2[nH]1. The monoisotopic (exact) mass is 243 g/mol. The van der Waals surface area contributed by atoms with Crippen LogP contribution in [-0.4, -0.2) is 19.9 Å². The second kappa shape index (κ2) is 3.88. The zero-order valence-electron chi connectivity index (χ0n) is 9.15. The summed E-state index contributed by atoms with van der Waals surface area (Å²) in [5, 5.41) is 3.01. The van der Waals surface area contributed by atoms with Crippen molar-refractivity contribution in [2.75, 3.05) is 0 Å². The minimum atomic E-state index is -0.576. The van der Waals surface area contributed by atoms with Gasteiger partial charge in [-0.15, -0.1) is 0 Å². The maximum Gasteiger partial charge on any atom is 0.327 e. The molecule has 7 nitrogen and oxygen atoms in total. The fourth-order valence-corrected chi connectivity index (χ4v) is 1.66. The molecule has 2 aromatic rings. The summed E-state index contributed by atoms with van der Waals surface area (Å²) in [6, 6.07) is 0. The fourth-order valence-electron chi connectivity index (χ4n) is 1.66. The Hall–Kier alpha value is -2.83. The highest BCUT2D eigenvalue weighted by Gasteiger charge is 2.10. The first-order chi connectivity index (χ1) is 8.74. The Morgan fingerprint density at radius 3 is 2.78 bits per heavy atom. The normalized spacial score (nSPS) is 14.3. The molecule has 1 aliphatic rings. The summed E-state index contributed by atoms with van der Waals surface area (Å²) in [6.45, 7) is 0. The molecule has 0 aliphatic carbocycles. The Morgan fingerprint density at radius 2 is 1.89 bits per heavy atom. The van der Waals surface area contributed by atoms with Crippen molar-refractivity contribution in [2.24, 2.45) is 0 Å². The molecule has 18 heavy (non-hydrogen) atoms. The van der Waals surface area contributed by atoms with Crippen LogP contribution >= 0.6 is 0 Å². The third-order valence-corrected chi connectivity index (χ3v) is 2.47. The third-order valence-electron chi connectivity index (χ3n) is 2.47. The summed E-state index contributed by atoms with van der Waals surface area (Å²) >= 11 is 0. The van der Waals surface area contributed by atoms with Gasteiger partial charge < -0.3 is 10.3 Å². The second-order valence-electron chi connectivity index (χ2n) is 3.69. The second-order valence-corrected chi connectivity index (χ2v) is 3.69. The number of hydrogen-bond donors (Lipinski definition) is 4. The molecule has 0 aromatic carbocycles. The first-order valence-corrected chi connectivity index (χ1v) is 5.27. The molecule has 0 bridgehead atoms. The standard InChI is InChI=1S/C11H9N5O2/c17-10-7-9(15-11(18)16-10)14-8(13-7)6-4-2-1-3-5-12-6/h1-5,12H,(H3,13,14,15,16,17,18). The molecule has 0 unspecified atom stereocenters. The van der Waals surface area contributed by atoms with Crippen LogP contribution in [0.4, 0.5) is 0 Å². The number of H-pyrrole nitrogens is 3. The van der Waals surface area contributed by atoms with E-state index < -0.39 is 11.2 Å². The summed E-state index contributed by atoms with van der Waals surface area (Å²) in [7, 11) is 0. The maximum absolute atomic E-state index is 11.5. The average molecular weight is 243 g/mol. The van der Waals surface area contributed by atoms with Crippen molar-refractivity contribution in [3.8, 4) is 0 Å². The number of aromatic nitrogens is 4. The molecule has 0 spiro atoms. The van der Waals surface area contributed by atoms with Crippen LogP contribution in [0.2, 0.25) is 0 Å². The van der Waals surface area contributed by atoms with E-state index in [1.54, 1.807) is 6.20 Å². The highest BCUT2D eigenvalue weighted by molar-refractivity contribution is 5.74. The third kappa shape index (κ3) is 1.67. The number of hydrogen-bond acceptors (Lipinski definition) is 4. The Balaban J connectivity index is 2.20. The lowest BCUT2D eigenvalue weighted by atomic mass is 10.3. The summed E-state index contributed by atoms with van der Waals surface area (Å²) in [6.07, 6.45) is 9.09. The topological polar surface area (TPSA) is 106 Å². The first-order valence-electron chi connectivity index (χ1n) is 5.27. The molecule has 0 saturated heterocycles. The molecule has 0 radical (unpaired) electrons. The number of allylic oxidation sites excluding steroid dienone is 4. The molecule has 0 saturated carbocycles. The Labute approximate surface area is 100.0 Å². The van der Waals surface area contributed by atoms with Gasteiger partial charge in [-0.1, -0.05) is 12.2 Å². The number of nitrogens with one attached hydrogen (secondary N) is 4. The highest BCUT2D eigenvalue weighted by atomic mass is 16.2. The largest absolute Gasteiger partial charge is 0.359 e. The van der Waals surface area contributed by atoms with E-state index in [2.05, 4.69) is 25.3 Å². The maximum atomic E-state index is 11.5. The molecule has 3 heterocycles. The highest BCUT2D eigenvalue weighted by Crippen LogP contribution is 2.11. The molecular weight excluding hydrogens is 234 g/mol. The van der Waals surface area contributed by atoms with Crippen LogP contribution in [0.15, 0.2) is 40.1 Å². The van der Waals surface area contributed by atoms with Gasteiger partial charge in [-0.2, -0.15) is 0 Å². The Bertz CT molecular complexity index is 803. The fraction of sp³-hybridized carbons (Fsp3) is 0. The van der Waals surface area contributed by atoms with Crippen LogP contribution in [0, 0.1) is 0 Å².